The van der Waals surface area contributed by atoms with E-state index in [4.69, 9.17) is 5.26 Å². The second kappa shape index (κ2) is 4.01. The Bertz CT molecular complexity index is 384. The quantitative estimate of drug-likeness (QED) is 0.699. The Hall–Kier alpha value is -1.41. The van der Waals surface area contributed by atoms with Crippen molar-refractivity contribution in [2.75, 3.05) is 7.11 Å². The molecule has 1 rings (SSSR count). The van der Waals surface area contributed by atoms with Gasteiger partial charge in [-0.3, -0.25) is 0 Å². The van der Waals surface area contributed by atoms with Crippen LogP contribution in [0.4, 0.5) is 0 Å². The summed E-state index contributed by atoms with van der Waals surface area (Å²) < 4.78 is 4.93. The first-order chi connectivity index (χ1) is 6.19. The molecule has 5 heteroatoms. The second-order valence-corrected chi connectivity index (χ2v) is 3.01. The van der Waals surface area contributed by atoms with E-state index in [1.807, 2.05) is 6.07 Å². The van der Waals surface area contributed by atoms with Crippen LogP contribution in [0.3, 0.4) is 0 Å². The first kappa shape index (κ1) is 9.68. The Kier molecular flexibility index (Phi) is 2.98. The number of esters is 1. The van der Waals surface area contributed by atoms with Crippen LogP contribution in [0.2, 0.25) is 0 Å². The number of aromatic nitrogens is 1. The Morgan fingerprint density at radius 3 is 2.92 bits per heavy atom. The second-order valence-electron chi connectivity index (χ2n) is 2.16. The maximum atomic E-state index is 11.0. The number of ether oxygens (including phenoxy) is 1. The fraction of sp³-hybridized carbons (Fsp3) is 0.125. The smallest absolute Gasteiger partial charge is 0.357 e. The van der Waals surface area contributed by atoms with Gasteiger partial charge in [-0.2, -0.15) is 5.26 Å². The van der Waals surface area contributed by atoms with Crippen LogP contribution >= 0.6 is 15.9 Å². The third-order valence-corrected chi connectivity index (χ3v) is 1.95. The van der Waals surface area contributed by atoms with Crippen molar-refractivity contribution >= 4 is 21.9 Å². The van der Waals surface area contributed by atoms with Crippen molar-refractivity contribution in [2.24, 2.45) is 0 Å². The Labute approximate surface area is 83.3 Å². The van der Waals surface area contributed by atoms with E-state index in [1.54, 1.807) is 0 Å². The fourth-order valence-electron chi connectivity index (χ4n) is 0.746. The van der Waals surface area contributed by atoms with E-state index in [2.05, 4.69) is 25.7 Å². The van der Waals surface area contributed by atoms with Gasteiger partial charge in [-0.1, -0.05) is 0 Å². The molecule has 0 N–H and O–H groups in total. The molecule has 0 spiro atoms. The molecule has 0 aliphatic rings. The van der Waals surface area contributed by atoms with E-state index in [0.29, 0.717) is 10.0 Å². The molecular formula is C8H5BrN2O2. The molecule has 13 heavy (non-hydrogen) atoms. The number of carbonyl (C=O) groups is 1. The van der Waals surface area contributed by atoms with Gasteiger partial charge < -0.3 is 4.74 Å². The first-order valence-electron chi connectivity index (χ1n) is 3.33. The van der Waals surface area contributed by atoms with Gasteiger partial charge in [0, 0.05) is 6.20 Å². The molecule has 4 nitrogen and oxygen atoms in total. The fourth-order valence-corrected chi connectivity index (χ4v) is 1.26. The summed E-state index contributed by atoms with van der Waals surface area (Å²) in [5.74, 6) is -0.531. The molecule has 1 heterocycles. The summed E-state index contributed by atoms with van der Waals surface area (Å²) in [4.78, 5) is 14.8. The molecular weight excluding hydrogens is 236 g/mol. The summed E-state index contributed by atoms with van der Waals surface area (Å²) >= 11 is 3.11. The molecule has 1 aromatic heterocycles. The number of rotatable bonds is 1. The van der Waals surface area contributed by atoms with Gasteiger partial charge in [0.2, 0.25) is 0 Å². The Morgan fingerprint density at radius 2 is 2.46 bits per heavy atom. The molecule has 0 aromatic carbocycles. The van der Waals surface area contributed by atoms with Gasteiger partial charge in [-0.05, 0) is 22.0 Å². The predicted octanol–water partition coefficient (Wildman–Crippen LogP) is 1.50. The maximum Gasteiger partial charge on any atom is 0.357 e. The molecule has 0 fully saturated rings. The monoisotopic (exact) mass is 240 g/mol. The zero-order valence-corrected chi connectivity index (χ0v) is 8.33. The van der Waals surface area contributed by atoms with Gasteiger partial charge in [-0.15, -0.1) is 0 Å². The third kappa shape index (κ3) is 2.04. The van der Waals surface area contributed by atoms with E-state index < -0.39 is 5.97 Å². The van der Waals surface area contributed by atoms with E-state index in [1.165, 1.54) is 19.4 Å². The number of nitrogens with zero attached hydrogens (tertiary/aromatic N) is 2. The van der Waals surface area contributed by atoms with Crippen molar-refractivity contribution in [1.82, 2.24) is 4.98 Å². The Balaban J connectivity index is 3.14. The molecule has 0 unspecified atom stereocenters. The molecule has 0 saturated carbocycles. The summed E-state index contributed by atoms with van der Waals surface area (Å²) in [6.45, 7) is 0. The molecule has 0 aliphatic heterocycles. The zero-order valence-electron chi connectivity index (χ0n) is 6.74. The van der Waals surface area contributed by atoms with Gasteiger partial charge in [0.15, 0.2) is 5.69 Å². The summed E-state index contributed by atoms with van der Waals surface area (Å²) in [6.07, 6.45) is 1.32. The van der Waals surface area contributed by atoms with Gasteiger partial charge in [0.25, 0.3) is 0 Å². The topological polar surface area (TPSA) is 63.0 Å². The maximum absolute atomic E-state index is 11.0. The van der Waals surface area contributed by atoms with E-state index in [0.717, 1.165) is 0 Å². The van der Waals surface area contributed by atoms with Crippen LogP contribution in [-0.2, 0) is 4.74 Å². The van der Waals surface area contributed by atoms with Crippen LogP contribution in [0, 0.1) is 11.3 Å². The molecule has 1 aromatic rings. The van der Waals surface area contributed by atoms with Crippen molar-refractivity contribution in [3.05, 3.63) is 28.0 Å². The highest BCUT2D eigenvalue weighted by Crippen LogP contribution is 2.16. The summed E-state index contributed by atoms with van der Waals surface area (Å²) in [6, 6.07) is 3.42. The van der Waals surface area contributed by atoms with Crippen molar-refractivity contribution in [1.29, 1.82) is 5.26 Å². The van der Waals surface area contributed by atoms with E-state index in [9.17, 15) is 4.79 Å². The van der Waals surface area contributed by atoms with Crippen molar-refractivity contribution < 1.29 is 9.53 Å². The summed E-state index contributed by atoms with van der Waals surface area (Å²) in [7, 11) is 1.27. The highest BCUT2D eigenvalue weighted by atomic mass is 79.9. The van der Waals surface area contributed by atoms with Crippen molar-refractivity contribution in [2.45, 2.75) is 0 Å². The van der Waals surface area contributed by atoms with Crippen LogP contribution in [0.15, 0.2) is 16.7 Å². The lowest BCUT2D eigenvalue weighted by Gasteiger charge is -2.00. The standard InChI is InChI=1S/C8H5BrN2O2/c1-13-8(12)7-6(9)2-5(3-10)4-11-7/h2,4H,1H3. The molecule has 66 valence electrons. The van der Waals surface area contributed by atoms with Crippen LogP contribution in [0.25, 0.3) is 0 Å². The van der Waals surface area contributed by atoms with Gasteiger partial charge in [-0.25, -0.2) is 9.78 Å². The SMILES string of the molecule is COC(=O)c1ncc(C#N)cc1Br. The lowest BCUT2D eigenvalue weighted by Crippen LogP contribution is -2.05. The number of pyridine rings is 1. The minimum atomic E-state index is -0.531. The molecule has 0 atom stereocenters. The van der Waals surface area contributed by atoms with Crippen molar-refractivity contribution in [3.63, 3.8) is 0 Å². The van der Waals surface area contributed by atoms with Crippen LogP contribution < -0.4 is 0 Å². The number of nitriles is 1. The minimum absolute atomic E-state index is 0.168. The Morgan fingerprint density at radius 1 is 1.77 bits per heavy atom. The molecule has 0 radical (unpaired) electrons. The van der Waals surface area contributed by atoms with E-state index >= 15 is 0 Å². The number of halogens is 1. The number of hydrogen-bond donors (Lipinski definition) is 0. The zero-order chi connectivity index (χ0) is 9.84. The van der Waals surface area contributed by atoms with Gasteiger partial charge >= 0.3 is 5.97 Å². The van der Waals surface area contributed by atoms with E-state index in [-0.39, 0.29) is 5.69 Å². The van der Waals surface area contributed by atoms with Crippen LogP contribution in [0.5, 0.6) is 0 Å². The summed E-state index contributed by atoms with van der Waals surface area (Å²) in [5, 5.41) is 8.52. The first-order valence-corrected chi connectivity index (χ1v) is 4.12. The molecule has 0 amide bonds. The third-order valence-electron chi connectivity index (χ3n) is 1.35. The molecule has 0 aliphatic carbocycles. The lowest BCUT2D eigenvalue weighted by molar-refractivity contribution is 0.0593. The minimum Gasteiger partial charge on any atom is -0.464 e. The highest BCUT2D eigenvalue weighted by molar-refractivity contribution is 9.10. The van der Waals surface area contributed by atoms with Crippen molar-refractivity contribution in [3.8, 4) is 6.07 Å². The van der Waals surface area contributed by atoms with Crippen LogP contribution in [-0.4, -0.2) is 18.1 Å². The largest absolute Gasteiger partial charge is 0.464 e. The van der Waals surface area contributed by atoms with Gasteiger partial charge in [0.05, 0.1) is 17.1 Å². The predicted molar refractivity (Wildman–Crippen MR) is 48.0 cm³/mol. The molecule has 0 bridgehead atoms. The number of carbonyl (C=O) groups excluding carboxylic acids is 1. The number of hydrogen-bond acceptors (Lipinski definition) is 4. The summed E-state index contributed by atoms with van der Waals surface area (Å²) in [5.41, 5.74) is 0.557. The molecule has 0 saturated heterocycles. The van der Waals surface area contributed by atoms with Crippen LogP contribution in [0.1, 0.15) is 16.1 Å². The average molecular weight is 241 g/mol. The normalized spacial score (nSPS) is 9.00. The number of methoxy groups -OCH3 is 1. The van der Waals surface area contributed by atoms with Gasteiger partial charge in [0.1, 0.15) is 6.07 Å². The highest BCUT2D eigenvalue weighted by Gasteiger charge is 2.11. The average Bonchev–Trinajstić information content (AvgIpc) is 2.16. The lowest BCUT2D eigenvalue weighted by atomic mass is 10.3.